The van der Waals surface area contributed by atoms with E-state index in [-0.39, 0.29) is 19.4 Å². The topological polar surface area (TPSA) is 119 Å². The van der Waals surface area contributed by atoms with Crippen LogP contribution >= 0.6 is 7.82 Å². The Bertz CT molecular complexity index is 833. The van der Waals surface area contributed by atoms with Gasteiger partial charge in [-0.25, -0.2) is 4.57 Å². The van der Waals surface area contributed by atoms with Gasteiger partial charge in [0.1, 0.15) is 6.61 Å². The van der Waals surface area contributed by atoms with Gasteiger partial charge in [0.15, 0.2) is 6.10 Å². The molecule has 1 atom stereocenters. The highest BCUT2D eigenvalue weighted by Gasteiger charge is 2.22. The summed E-state index contributed by atoms with van der Waals surface area (Å²) >= 11 is 0. The summed E-state index contributed by atoms with van der Waals surface area (Å²) in [6.07, 6.45) is 35.8. The molecule has 0 amide bonds. The summed E-state index contributed by atoms with van der Waals surface area (Å²) in [5, 5.41) is 0. The Labute approximate surface area is 274 Å². The number of unbranched alkanes of at least 4 members (excludes halogenated alkanes) is 18. The number of allylic oxidation sites excluding steroid dienone is 6. The molecule has 0 bridgehead atoms. The Morgan fingerprint density at radius 1 is 0.600 bits per heavy atom. The largest absolute Gasteiger partial charge is 0.469 e. The van der Waals surface area contributed by atoms with Crippen molar-refractivity contribution >= 4 is 19.8 Å². The number of esters is 2. The molecule has 45 heavy (non-hydrogen) atoms. The maximum atomic E-state index is 12.3. The first kappa shape index (κ1) is 43.3. The smallest absolute Gasteiger partial charge is 0.462 e. The van der Waals surface area contributed by atoms with Crippen molar-refractivity contribution in [2.24, 2.45) is 0 Å². The molecule has 0 aliphatic rings. The molecule has 9 heteroatoms. The van der Waals surface area contributed by atoms with E-state index >= 15 is 0 Å². The van der Waals surface area contributed by atoms with Crippen molar-refractivity contribution in [3.63, 3.8) is 0 Å². The van der Waals surface area contributed by atoms with Crippen LogP contribution in [0, 0.1) is 0 Å². The zero-order chi connectivity index (χ0) is 33.3. The van der Waals surface area contributed by atoms with E-state index in [0.717, 1.165) is 57.8 Å². The number of hydrogen-bond acceptors (Lipinski definition) is 6. The molecule has 0 heterocycles. The first-order chi connectivity index (χ1) is 21.8. The van der Waals surface area contributed by atoms with Gasteiger partial charge in [-0.1, -0.05) is 153 Å². The summed E-state index contributed by atoms with van der Waals surface area (Å²) in [5.74, 6) is -0.908. The molecule has 0 saturated heterocycles. The molecule has 0 saturated carbocycles. The second kappa shape index (κ2) is 32.2. The maximum Gasteiger partial charge on any atom is 0.469 e. The summed E-state index contributed by atoms with van der Waals surface area (Å²) in [7, 11) is -4.75. The first-order valence-corrected chi connectivity index (χ1v) is 19.3. The minimum absolute atomic E-state index is 0.190. The van der Waals surface area contributed by atoms with Gasteiger partial charge in [-0.3, -0.25) is 14.1 Å². The van der Waals surface area contributed by atoms with Crippen LogP contribution in [0.3, 0.4) is 0 Å². The lowest BCUT2D eigenvalue weighted by atomic mass is 10.0. The van der Waals surface area contributed by atoms with E-state index < -0.39 is 32.5 Å². The SMILES string of the molecule is CC/C=C/C=C/C=C/CCCCCCCC(=O)OC(COC(=O)CCCCCCCCCCCCCCCC)COP(=O)(O)O. The third-order valence-electron chi connectivity index (χ3n) is 7.48. The number of rotatable bonds is 32. The van der Waals surface area contributed by atoms with Crippen molar-refractivity contribution in [3.05, 3.63) is 36.5 Å². The fourth-order valence-electron chi connectivity index (χ4n) is 4.84. The van der Waals surface area contributed by atoms with Crippen molar-refractivity contribution in [1.29, 1.82) is 0 Å². The van der Waals surface area contributed by atoms with Crippen LogP contribution in [0.1, 0.15) is 162 Å². The summed E-state index contributed by atoms with van der Waals surface area (Å²) in [6, 6.07) is 0. The van der Waals surface area contributed by atoms with Crippen molar-refractivity contribution < 1.29 is 37.9 Å². The van der Waals surface area contributed by atoms with E-state index in [1.165, 1.54) is 70.6 Å². The lowest BCUT2D eigenvalue weighted by molar-refractivity contribution is -0.161. The van der Waals surface area contributed by atoms with Crippen LogP contribution in [0.4, 0.5) is 0 Å². The van der Waals surface area contributed by atoms with Gasteiger partial charge in [-0.2, -0.15) is 0 Å². The third kappa shape index (κ3) is 35.0. The van der Waals surface area contributed by atoms with Gasteiger partial charge in [0, 0.05) is 12.8 Å². The van der Waals surface area contributed by atoms with Gasteiger partial charge in [-0.15, -0.1) is 0 Å². The lowest BCUT2D eigenvalue weighted by Crippen LogP contribution is -2.29. The molecule has 0 aliphatic heterocycles. The average Bonchev–Trinajstić information content (AvgIpc) is 3.00. The second-order valence-electron chi connectivity index (χ2n) is 11.9. The van der Waals surface area contributed by atoms with Crippen LogP contribution < -0.4 is 0 Å². The Balaban J connectivity index is 4.01. The molecule has 1 unspecified atom stereocenters. The molecule has 2 N–H and O–H groups in total. The van der Waals surface area contributed by atoms with Crippen molar-refractivity contribution in [3.8, 4) is 0 Å². The molecule has 0 aromatic carbocycles. The van der Waals surface area contributed by atoms with Crippen LogP contribution in [-0.4, -0.2) is 41.0 Å². The predicted molar refractivity (Wildman–Crippen MR) is 184 cm³/mol. The Hall–Kier alpha value is -1.73. The predicted octanol–water partition coefficient (Wildman–Crippen LogP) is 10.2. The quantitative estimate of drug-likeness (QED) is 0.0318. The third-order valence-corrected chi connectivity index (χ3v) is 7.97. The van der Waals surface area contributed by atoms with E-state index in [1.54, 1.807) is 0 Å². The molecule has 0 radical (unpaired) electrons. The molecule has 8 nitrogen and oxygen atoms in total. The zero-order valence-corrected chi connectivity index (χ0v) is 29.4. The Morgan fingerprint density at radius 3 is 1.58 bits per heavy atom. The van der Waals surface area contributed by atoms with Gasteiger partial charge in [0.2, 0.25) is 0 Å². The Kier molecular flexibility index (Phi) is 31.0. The van der Waals surface area contributed by atoms with Crippen molar-refractivity contribution in [2.75, 3.05) is 13.2 Å². The Morgan fingerprint density at radius 2 is 1.07 bits per heavy atom. The average molecular weight is 657 g/mol. The van der Waals surface area contributed by atoms with Crippen LogP contribution in [0.25, 0.3) is 0 Å². The summed E-state index contributed by atoms with van der Waals surface area (Å²) < 4.78 is 26.2. The minimum Gasteiger partial charge on any atom is -0.462 e. The van der Waals surface area contributed by atoms with Gasteiger partial charge in [0.25, 0.3) is 0 Å². The summed E-state index contributed by atoms with van der Waals surface area (Å²) in [6.45, 7) is 3.52. The number of carbonyl (C=O) groups is 2. The van der Waals surface area contributed by atoms with Gasteiger partial charge in [0.05, 0.1) is 6.61 Å². The van der Waals surface area contributed by atoms with Crippen LogP contribution in [0.5, 0.6) is 0 Å². The minimum atomic E-state index is -4.75. The number of carbonyl (C=O) groups excluding carboxylic acids is 2. The van der Waals surface area contributed by atoms with Crippen molar-refractivity contribution in [1.82, 2.24) is 0 Å². The van der Waals surface area contributed by atoms with Crippen LogP contribution in [0.15, 0.2) is 36.5 Å². The molecule has 0 spiro atoms. The molecule has 0 aromatic rings. The van der Waals surface area contributed by atoms with Crippen LogP contribution in [-0.2, 0) is 28.2 Å². The number of ether oxygens (including phenoxy) is 2. The van der Waals surface area contributed by atoms with Crippen molar-refractivity contribution in [2.45, 2.75) is 168 Å². The summed E-state index contributed by atoms with van der Waals surface area (Å²) in [5.41, 5.74) is 0. The monoisotopic (exact) mass is 656 g/mol. The van der Waals surface area contributed by atoms with E-state index in [2.05, 4.69) is 36.6 Å². The molecular weight excluding hydrogens is 591 g/mol. The maximum absolute atomic E-state index is 12.3. The molecule has 262 valence electrons. The second-order valence-corrected chi connectivity index (χ2v) is 13.1. The highest BCUT2D eigenvalue weighted by molar-refractivity contribution is 7.46. The number of phosphoric acid groups is 1. The fraction of sp³-hybridized carbons (Fsp3) is 0.778. The standard InChI is InChI=1S/C36H65O8P/c1-3-5-7-9-11-13-15-17-19-20-22-24-26-28-30-35(37)42-32-34(33-43-45(39,40)41)44-36(38)31-29-27-25-23-21-18-16-14-12-10-8-6-4-2/h6,8,10,12,14,16,34H,3-5,7,9,11,13,15,17-33H2,1-2H3,(H2,39,40,41)/b8-6+,12-10+,16-14+. The van der Waals surface area contributed by atoms with E-state index in [9.17, 15) is 14.2 Å². The molecule has 0 aliphatic carbocycles. The first-order valence-electron chi connectivity index (χ1n) is 17.8. The highest BCUT2D eigenvalue weighted by Crippen LogP contribution is 2.36. The summed E-state index contributed by atoms with van der Waals surface area (Å²) in [4.78, 5) is 42.6. The number of phosphoric ester groups is 1. The van der Waals surface area contributed by atoms with Gasteiger partial charge >= 0.3 is 19.8 Å². The van der Waals surface area contributed by atoms with Crippen LogP contribution in [0.2, 0.25) is 0 Å². The molecule has 0 rings (SSSR count). The van der Waals surface area contributed by atoms with Gasteiger partial charge in [-0.05, 0) is 32.1 Å². The zero-order valence-electron chi connectivity index (χ0n) is 28.5. The van der Waals surface area contributed by atoms with E-state index in [4.69, 9.17) is 19.3 Å². The van der Waals surface area contributed by atoms with E-state index in [1.807, 2.05) is 18.2 Å². The van der Waals surface area contributed by atoms with E-state index in [0.29, 0.717) is 6.42 Å². The fourth-order valence-corrected chi connectivity index (χ4v) is 5.20. The lowest BCUT2D eigenvalue weighted by Gasteiger charge is -2.18. The van der Waals surface area contributed by atoms with Gasteiger partial charge < -0.3 is 19.3 Å². The highest BCUT2D eigenvalue weighted by atomic mass is 31.2. The molecule has 0 fully saturated rings. The number of hydrogen-bond donors (Lipinski definition) is 2. The molecular formula is C36H65O8P. The normalized spacial score (nSPS) is 12.9. The molecule has 0 aromatic heterocycles.